The van der Waals surface area contributed by atoms with Gasteiger partial charge in [-0.2, -0.15) is 0 Å². The van der Waals surface area contributed by atoms with E-state index < -0.39 is 23.5 Å². The van der Waals surface area contributed by atoms with E-state index in [2.05, 4.69) is 6.92 Å². The Labute approximate surface area is 174 Å². The van der Waals surface area contributed by atoms with Crippen molar-refractivity contribution in [3.8, 4) is 0 Å². The lowest BCUT2D eigenvalue weighted by Crippen LogP contribution is -2.41. The first kappa shape index (κ1) is 25.3. The monoisotopic (exact) mass is 410 g/mol. The maximum Gasteiger partial charge on any atom is 0.320 e. The Hall–Kier alpha value is -1.69. The summed E-state index contributed by atoms with van der Waals surface area (Å²) >= 11 is 0. The first-order valence-electron chi connectivity index (χ1n) is 11.2. The molecule has 0 radical (unpaired) electrons. The summed E-state index contributed by atoms with van der Waals surface area (Å²) in [6.45, 7) is 4.07. The summed E-state index contributed by atoms with van der Waals surface area (Å²) in [5.74, 6) is -1.59. The summed E-state index contributed by atoms with van der Waals surface area (Å²) < 4.78 is 5.29. The van der Waals surface area contributed by atoms with E-state index >= 15 is 0 Å². The zero-order valence-corrected chi connectivity index (χ0v) is 18.0. The fourth-order valence-electron chi connectivity index (χ4n) is 4.17. The van der Waals surface area contributed by atoms with E-state index in [1.807, 2.05) is 6.08 Å². The van der Waals surface area contributed by atoms with E-state index in [-0.39, 0.29) is 24.7 Å². The summed E-state index contributed by atoms with van der Waals surface area (Å²) in [5, 5.41) is 18.9. The van der Waals surface area contributed by atoms with Crippen LogP contribution in [0.5, 0.6) is 0 Å². The molecule has 6 nitrogen and oxygen atoms in total. The van der Waals surface area contributed by atoms with Crippen molar-refractivity contribution in [2.75, 3.05) is 6.61 Å². The number of ketones is 1. The molecule has 0 bridgehead atoms. The number of aliphatic hydroxyl groups is 1. The molecule has 0 saturated heterocycles. The summed E-state index contributed by atoms with van der Waals surface area (Å²) in [6, 6.07) is 0. The number of Topliss-reactive ketones (excluding diaryl/α,β-unsaturated/α-hetero) is 1. The van der Waals surface area contributed by atoms with E-state index in [1.54, 1.807) is 13.0 Å². The molecule has 1 aliphatic rings. The number of hydrogen-bond acceptors (Lipinski definition) is 5. The van der Waals surface area contributed by atoms with Crippen molar-refractivity contribution in [2.24, 2.45) is 11.3 Å². The zero-order valence-electron chi connectivity index (χ0n) is 18.0. The van der Waals surface area contributed by atoms with Crippen molar-refractivity contribution in [1.29, 1.82) is 0 Å². The van der Waals surface area contributed by atoms with Gasteiger partial charge in [0.05, 0.1) is 12.7 Å². The molecule has 0 aromatic rings. The third-order valence-corrected chi connectivity index (χ3v) is 5.83. The van der Waals surface area contributed by atoms with Gasteiger partial charge in [-0.15, -0.1) is 0 Å². The Bertz CT molecular complexity index is 556. The number of aliphatic carboxylic acids is 1. The van der Waals surface area contributed by atoms with Crippen molar-refractivity contribution in [3.63, 3.8) is 0 Å². The molecule has 0 aromatic carbocycles. The van der Waals surface area contributed by atoms with Crippen LogP contribution in [0, 0.1) is 11.3 Å². The third kappa shape index (κ3) is 7.92. The second kappa shape index (κ2) is 13.5. The Kier molecular flexibility index (Phi) is 11.8. The van der Waals surface area contributed by atoms with Crippen molar-refractivity contribution < 1.29 is 29.3 Å². The van der Waals surface area contributed by atoms with Crippen molar-refractivity contribution in [2.45, 2.75) is 97.0 Å². The SMILES string of the molecule is CCCCCC(O)/C=C/C1CCC(=O)C1(CCCCCCC(=O)O)C(=O)OCC. The predicted octanol–water partition coefficient (Wildman–Crippen LogP) is 4.44. The van der Waals surface area contributed by atoms with Crippen molar-refractivity contribution in [1.82, 2.24) is 0 Å². The van der Waals surface area contributed by atoms with Crippen LogP contribution in [0.3, 0.4) is 0 Å². The lowest BCUT2D eigenvalue weighted by Gasteiger charge is -2.30. The largest absolute Gasteiger partial charge is 0.481 e. The van der Waals surface area contributed by atoms with Crippen molar-refractivity contribution >= 4 is 17.7 Å². The van der Waals surface area contributed by atoms with E-state index in [4.69, 9.17) is 9.84 Å². The standard InChI is InChI=1S/C23H38O6/c1-3-5-8-11-19(24)15-13-18-14-16-20(25)23(18,22(28)29-4-2)17-10-7-6-9-12-21(26)27/h13,15,18-19,24H,3-12,14,16-17H2,1-2H3,(H,26,27)/b15-13+. The van der Waals surface area contributed by atoms with Crippen LogP contribution in [0.25, 0.3) is 0 Å². The predicted molar refractivity (Wildman–Crippen MR) is 111 cm³/mol. The molecule has 0 spiro atoms. The number of allylic oxidation sites excluding steroid dienone is 1. The van der Waals surface area contributed by atoms with Gasteiger partial charge in [-0.25, -0.2) is 0 Å². The zero-order chi connectivity index (χ0) is 21.7. The van der Waals surface area contributed by atoms with Gasteiger partial charge in [-0.05, 0) is 32.6 Å². The number of carbonyl (C=O) groups is 3. The van der Waals surface area contributed by atoms with Crippen molar-refractivity contribution in [3.05, 3.63) is 12.2 Å². The molecular formula is C23H38O6. The molecule has 1 aliphatic carbocycles. The number of carboxylic acid groups (broad SMARTS) is 1. The molecule has 3 atom stereocenters. The number of rotatable bonds is 15. The molecule has 0 aliphatic heterocycles. The van der Waals surface area contributed by atoms with Crippen LogP contribution in [0.2, 0.25) is 0 Å². The molecule has 1 rings (SSSR count). The van der Waals surface area contributed by atoms with Crippen LogP contribution in [0.15, 0.2) is 12.2 Å². The average Bonchev–Trinajstić information content (AvgIpc) is 2.99. The minimum Gasteiger partial charge on any atom is -0.481 e. The van der Waals surface area contributed by atoms with Gasteiger partial charge in [-0.3, -0.25) is 14.4 Å². The maximum absolute atomic E-state index is 12.8. The first-order valence-corrected chi connectivity index (χ1v) is 11.2. The topological polar surface area (TPSA) is 101 Å². The van der Waals surface area contributed by atoms with Crippen LogP contribution in [0.4, 0.5) is 0 Å². The summed E-state index contributed by atoms with van der Waals surface area (Å²) in [6.07, 6.45) is 11.1. The summed E-state index contributed by atoms with van der Waals surface area (Å²) in [7, 11) is 0. The Morgan fingerprint density at radius 1 is 1.17 bits per heavy atom. The lowest BCUT2D eigenvalue weighted by molar-refractivity contribution is -0.161. The van der Waals surface area contributed by atoms with E-state index in [1.165, 1.54) is 0 Å². The highest BCUT2D eigenvalue weighted by molar-refractivity contribution is 6.06. The first-order chi connectivity index (χ1) is 13.9. The number of carbonyl (C=O) groups excluding carboxylic acids is 2. The summed E-state index contributed by atoms with van der Waals surface area (Å²) in [4.78, 5) is 36.3. The molecule has 3 unspecified atom stereocenters. The van der Waals surface area contributed by atoms with Crippen LogP contribution in [-0.2, 0) is 19.1 Å². The lowest BCUT2D eigenvalue weighted by atomic mass is 9.72. The van der Waals surface area contributed by atoms with Gasteiger partial charge in [-0.1, -0.05) is 57.6 Å². The fraction of sp³-hybridized carbons (Fsp3) is 0.783. The normalized spacial score (nSPS) is 22.9. The van der Waals surface area contributed by atoms with Gasteiger partial charge in [0.25, 0.3) is 0 Å². The smallest absolute Gasteiger partial charge is 0.320 e. The van der Waals surface area contributed by atoms with Gasteiger partial charge in [0, 0.05) is 18.8 Å². The van der Waals surface area contributed by atoms with Crippen LogP contribution < -0.4 is 0 Å². The number of carboxylic acids is 1. The molecule has 0 heterocycles. The van der Waals surface area contributed by atoms with Crippen LogP contribution >= 0.6 is 0 Å². The highest BCUT2D eigenvalue weighted by Gasteiger charge is 2.55. The minimum atomic E-state index is -1.16. The van der Waals surface area contributed by atoms with Gasteiger partial charge < -0.3 is 14.9 Å². The number of hydrogen-bond donors (Lipinski definition) is 2. The molecule has 1 fully saturated rings. The average molecular weight is 411 g/mol. The minimum absolute atomic E-state index is 0.0726. The Balaban J connectivity index is 2.79. The Morgan fingerprint density at radius 2 is 1.90 bits per heavy atom. The number of aliphatic hydroxyl groups excluding tert-OH is 1. The van der Waals surface area contributed by atoms with Gasteiger partial charge >= 0.3 is 11.9 Å². The van der Waals surface area contributed by atoms with E-state index in [0.717, 1.165) is 32.1 Å². The maximum atomic E-state index is 12.8. The molecule has 166 valence electrons. The van der Waals surface area contributed by atoms with E-state index in [0.29, 0.717) is 38.5 Å². The van der Waals surface area contributed by atoms with E-state index in [9.17, 15) is 19.5 Å². The highest BCUT2D eigenvalue weighted by Crippen LogP contribution is 2.46. The van der Waals surface area contributed by atoms with Gasteiger partial charge in [0.2, 0.25) is 0 Å². The number of unbranched alkanes of at least 4 members (excludes halogenated alkanes) is 5. The highest BCUT2D eigenvalue weighted by atomic mass is 16.5. The van der Waals surface area contributed by atoms with Gasteiger partial charge in [0.1, 0.15) is 5.41 Å². The Morgan fingerprint density at radius 3 is 2.55 bits per heavy atom. The molecule has 2 N–H and O–H groups in total. The fourth-order valence-corrected chi connectivity index (χ4v) is 4.17. The number of ether oxygens (including phenoxy) is 1. The van der Waals surface area contributed by atoms with Gasteiger partial charge in [0.15, 0.2) is 5.78 Å². The van der Waals surface area contributed by atoms with Crippen LogP contribution in [0.1, 0.15) is 90.9 Å². The third-order valence-electron chi connectivity index (χ3n) is 5.83. The quantitative estimate of drug-likeness (QED) is 0.179. The molecule has 0 amide bonds. The molecule has 29 heavy (non-hydrogen) atoms. The van der Waals surface area contributed by atoms with Crippen LogP contribution in [-0.4, -0.2) is 40.6 Å². The molecule has 0 aromatic heterocycles. The summed E-state index contributed by atoms with van der Waals surface area (Å²) in [5.41, 5.74) is -1.16. The molecular weight excluding hydrogens is 372 g/mol. The molecule has 1 saturated carbocycles. The number of esters is 1. The second-order valence-electron chi connectivity index (χ2n) is 8.02. The second-order valence-corrected chi connectivity index (χ2v) is 8.02. The molecule has 6 heteroatoms.